The highest BCUT2D eigenvalue weighted by atomic mass is 19.4. The first-order valence-electron chi connectivity index (χ1n) is 12.7. The molecule has 2 saturated carbocycles. The summed E-state index contributed by atoms with van der Waals surface area (Å²) >= 11 is 0. The Labute approximate surface area is 206 Å². The van der Waals surface area contributed by atoms with Crippen molar-refractivity contribution in [1.29, 1.82) is 0 Å². The van der Waals surface area contributed by atoms with Gasteiger partial charge in [0.15, 0.2) is 11.5 Å². The lowest BCUT2D eigenvalue weighted by Gasteiger charge is -2.60. The van der Waals surface area contributed by atoms with Crippen LogP contribution in [0.15, 0.2) is 18.7 Å². The number of amides is 2. The van der Waals surface area contributed by atoms with Crippen molar-refractivity contribution in [3.05, 3.63) is 35.9 Å². The first-order chi connectivity index (χ1) is 17.2. The molecule has 12 heteroatoms. The van der Waals surface area contributed by atoms with Crippen molar-refractivity contribution >= 4 is 6.03 Å². The van der Waals surface area contributed by atoms with Crippen LogP contribution in [-0.4, -0.2) is 84.7 Å². The van der Waals surface area contributed by atoms with Crippen LogP contribution in [0.3, 0.4) is 0 Å². The number of rotatable bonds is 4. The van der Waals surface area contributed by atoms with Gasteiger partial charge in [0.05, 0.1) is 24.1 Å². The zero-order chi connectivity index (χ0) is 24.7. The number of nitrogens with zero attached hydrogens (tertiary/aromatic N) is 8. The Kier molecular flexibility index (Phi) is 4.75. The van der Waals surface area contributed by atoms with Crippen LogP contribution in [-0.2, 0) is 12.7 Å². The van der Waals surface area contributed by atoms with E-state index in [4.69, 9.17) is 0 Å². The minimum atomic E-state index is -4.47. The first kappa shape index (κ1) is 22.4. The van der Waals surface area contributed by atoms with E-state index in [-0.39, 0.29) is 16.9 Å². The van der Waals surface area contributed by atoms with Crippen molar-refractivity contribution in [2.45, 2.75) is 56.8 Å². The SMILES string of the molecule is O=C(N1CC2(CC(n3cnc(C4CC4)n3)C2)C1)N1CC2(CCN(Cc3cnc(C(F)(F)F)cn3)C2)C1. The number of hydrogen-bond donors (Lipinski definition) is 0. The molecule has 7 rings (SSSR count). The number of aromatic nitrogens is 5. The minimum Gasteiger partial charge on any atom is -0.323 e. The van der Waals surface area contributed by atoms with Crippen molar-refractivity contribution < 1.29 is 18.0 Å². The summed E-state index contributed by atoms with van der Waals surface area (Å²) in [6.07, 6.45) is 4.94. The molecule has 36 heavy (non-hydrogen) atoms. The Morgan fingerprint density at radius 1 is 0.972 bits per heavy atom. The number of urea groups is 1. The highest BCUT2D eigenvalue weighted by Crippen LogP contribution is 2.54. The molecule has 3 aliphatic heterocycles. The third kappa shape index (κ3) is 3.84. The van der Waals surface area contributed by atoms with E-state index >= 15 is 0 Å². The van der Waals surface area contributed by atoms with Gasteiger partial charge in [-0.15, -0.1) is 0 Å². The molecule has 3 saturated heterocycles. The second kappa shape index (κ2) is 7.62. The van der Waals surface area contributed by atoms with Crippen molar-refractivity contribution in [2.75, 3.05) is 39.3 Å². The average Bonchev–Trinajstić information content (AvgIpc) is 3.34. The summed E-state index contributed by atoms with van der Waals surface area (Å²) in [5.41, 5.74) is -0.0948. The van der Waals surface area contributed by atoms with Crippen LogP contribution in [0.25, 0.3) is 0 Å². The Morgan fingerprint density at radius 2 is 1.69 bits per heavy atom. The predicted molar refractivity (Wildman–Crippen MR) is 121 cm³/mol. The molecule has 192 valence electrons. The molecule has 0 radical (unpaired) electrons. The topological polar surface area (TPSA) is 83.3 Å². The van der Waals surface area contributed by atoms with Gasteiger partial charge in [-0.1, -0.05) is 0 Å². The summed E-state index contributed by atoms with van der Waals surface area (Å²) in [6, 6.07) is 0.548. The molecule has 0 aromatic carbocycles. The zero-order valence-electron chi connectivity index (χ0n) is 20.0. The van der Waals surface area contributed by atoms with Gasteiger partial charge in [0.1, 0.15) is 6.33 Å². The van der Waals surface area contributed by atoms with Crippen LogP contribution in [0.4, 0.5) is 18.0 Å². The maximum Gasteiger partial charge on any atom is 0.434 e. The van der Waals surface area contributed by atoms with Crippen molar-refractivity contribution in [3.8, 4) is 0 Å². The molecule has 2 aromatic heterocycles. The van der Waals surface area contributed by atoms with Gasteiger partial charge >= 0.3 is 12.2 Å². The maximum atomic E-state index is 13.0. The molecule has 5 aliphatic rings. The molecule has 9 nitrogen and oxygen atoms in total. The van der Waals surface area contributed by atoms with Crippen molar-refractivity contribution in [2.24, 2.45) is 10.8 Å². The van der Waals surface area contributed by atoms with E-state index in [1.165, 1.54) is 19.0 Å². The summed E-state index contributed by atoms with van der Waals surface area (Å²) in [5, 5.41) is 4.67. The van der Waals surface area contributed by atoms with E-state index in [0.29, 0.717) is 24.2 Å². The summed E-state index contributed by atoms with van der Waals surface area (Å²) in [4.78, 5) is 31.0. The molecule has 0 bridgehead atoms. The standard InChI is InChI=1S/C24H29F3N8O/c25-24(26,27)19-8-28-17(7-29-19)9-32-4-3-22(10-32)11-33(12-22)21(36)34-13-23(14-34)5-18(6-23)35-15-30-20(31-35)16-1-2-16/h7-8,15-16,18H,1-6,9-14H2. The Bertz CT molecular complexity index is 1160. The van der Waals surface area contributed by atoms with Crippen molar-refractivity contribution in [3.63, 3.8) is 0 Å². The van der Waals surface area contributed by atoms with E-state index < -0.39 is 11.9 Å². The lowest BCUT2D eigenvalue weighted by molar-refractivity contribution is -0.141. The maximum absolute atomic E-state index is 13.0. The molecular formula is C24H29F3N8O. The largest absolute Gasteiger partial charge is 0.434 e. The van der Waals surface area contributed by atoms with Gasteiger partial charge in [0, 0.05) is 56.0 Å². The number of likely N-dealkylation sites (tertiary alicyclic amines) is 3. The summed E-state index contributed by atoms with van der Waals surface area (Å²) in [7, 11) is 0. The smallest absolute Gasteiger partial charge is 0.323 e. The van der Waals surface area contributed by atoms with Crippen LogP contribution < -0.4 is 0 Å². The Hall–Kier alpha value is -2.76. The van der Waals surface area contributed by atoms with Gasteiger partial charge in [0.2, 0.25) is 0 Å². The lowest BCUT2D eigenvalue weighted by atomic mass is 9.60. The average molecular weight is 503 g/mol. The quantitative estimate of drug-likeness (QED) is 0.640. The molecule has 5 heterocycles. The molecule has 2 amide bonds. The summed E-state index contributed by atoms with van der Waals surface area (Å²) in [6.45, 7) is 5.30. The van der Waals surface area contributed by atoms with Crippen LogP contribution >= 0.6 is 0 Å². The number of carbonyl (C=O) groups is 1. The highest BCUT2D eigenvalue weighted by molar-refractivity contribution is 5.77. The van der Waals surface area contributed by atoms with Gasteiger partial charge in [-0.25, -0.2) is 19.4 Å². The number of alkyl halides is 3. The monoisotopic (exact) mass is 502 g/mol. The molecule has 0 atom stereocenters. The fourth-order valence-corrected chi connectivity index (χ4v) is 6.61. The Balaban J connectivity index is 0.860. The fraction of sp³-hybridized carbons (Fsp3) is 0.708. The van der Waals surface area contributed by atoms with Gasteiger partial charge in [-0.2, -0.15) is 18.3 Å². The van der Waals surface area contributed by atoms with Crippen LogP contribution in [0.1, 0.15) is 61.3 Å². The lowest BCUT2D eigenvalue weighted by Crippen LogP contribution is -2.69. The predicted octanol–water partition coefficient (Wildman–Crippen LogP) is 2.93. The summed E-state index contributed by atoms with van der Waals surface area (Å²) < 4.78 is 40.1. The van der Waals surface area contributed by atoms with E-state index in [9.17, 15) is 18.0 Å². The molecule has 0 unspecified atom stereocenters. The molecule has 2 aromatic rings. The molecule has 2 aliphatic carbocycles. The second-order valence-electron chi connectivity index (χ2n) is 11.8. The normalized spacial score (nSPS) is 25.2. The molecular weight excluding hydrogens is 473 g/mol. The van der Waals surface area contributed by atoms with Gasteiger partial charge < -0.3 is 9.80 Å². The number of carbonyl (C=O) groups excluding carboxylic acids is 1. The van der Waals surface area contributed by atoms with E-state index in [0.717, 1.165) is 70.6 Å². The first-order valence-corrected chi connectivity index (χ1v) is 12.7. The van der Waals surface area contributed by atoms with E-state index in [1.54, 1.807) is 0 Å². The second-order valence-corrected chi connectivity index (χ2v) is 11.8. The number of hydrogen-bond acceptors (Lipinski definition) is 6. The third-order valence-corrected chi connectivity index (χ3v) is 8.72. The minimum absolute atomic E-state index is 0.0888. The zero-order valence-corrected chi connectivity index (χ0v) is 20.0. The molecule has 2 spiro atoms. The third-order valence-electron chi connectivity index (χ3n) is 8.72. The van der Waals surface area contributed by atoms with Crippen LogP contribution in [0.5, 0.6) is 0 Å². The van der Waals surface area contributed by atoms with Gasteiger partial charge in [-0.05, 0) is 38.6 Å². The fourth-order valence-electron chi connectivity index (χ4n) is 6.61. The Morgan fingerprint density at radius 3 is 2.33 bits per heavy atom. The molecule has 0 N–H and O–H groups in total. The van der Waals surface area contributed by atoms with Crippen LogP contribution in [0.2, 0.25) is 0 Å². The van der Waals surface area contributed by atoms with Crippen LogP contribution in [0, 0.1) is 10.8 Å². The molecule has 5 fully saturated rings. The van der Waals surface area contributed by atoms with Gasteiger partial charge in [0.25, 0.3) is 0 Å². The van der Waals surface area contributed by atoms with E-state index in [1.807, 2.05) is 20.8 Å². The van der Waals surface area contributed by atoms with Gasteiger partial charge in [-0.3, -0.25) is 9.88 Å². The van der Waals surface area contributed by atoms with E-state index in [2.05, 4.69) is 25.0 Å². The summed E-state index contributed by atoms with van der Waals surface area (Å²) in [5.74, 6) is 1.56. The number of halogens is 3. The highest BCUT2D eigenvalue weighted by Gasteiger charge is 2.57. The van der Waals surface area contributed by atoms with Crippen molar-refractivity contribution in [1.82, 2.24) is 39.4 Å².